The molecule has 2 saturated carbocycles. The van der Waals surface area contributed by atoms with Crippen LogP contribution in [0.5, 0.6) is 0 Å². The van der Waals surface area contributed by atoms with Crippen LogP contribution in [-0.4, -0.2) is 54.6 Å². The van der Waals surface area contributed by atoms with E-state index in [1.54, 1.807) is 0 Å². The van der Waals surface area contributed by atoms with E-state index in [2.05, 4.69) is 65.8 Å². The van der Waals surface area contributed by atoms with Gasteiger partial charge in [0.15, 0.2) is 0 Å². The summed E-state index contributed by atoms with van der Waals surface area (Å²) in [5.41, 5.74) is 4.24. The first-order chi connectivity index (χ1) is 17.9. The van der Waals surface area contributed by atoms with Crippen LogP contribution >= 0.6 is 11.6 Å². The Morgan fingerprint density at radius 1 is 1.05 bits per heavy atom. The van der Waals surface area contributed by atoms with Gasteiger partial charge in [0, 0.05) is 43.7 Å². The summed E-state index contributed by atoms with van der Waals surface area (Å²) < 4.78 is 6.04. The van der Waals surface area contributed by atoms with Gasteiger partial charge in [0.1, 0.15) is 6.10 Å². The van der Waals surface area contributed by atoms with E-state index in [1.165, 1.54) is 29.5 Å². The first-order valence-corrected chi connectivity index (χ1v) is 14.4. The molecule has 2 saturated heterocycles. The lowest BCUT2D eigenvalue weighted by Crippen LogP contribution is -2.50. The van der Waals surface area contributed by atoms with E-state index >= 15 is 0 Å². The summed E-state index contributed by atoms with van der Waals surface area (Å²) >= 11 is 6.20. The number of carbonyl (C=O) groups is 1. The number of hydrogen-bond donors (Lipinski definition) is 0. The number of ether oxygens (including phenoxy) is 1. The van der Waals surface area contributed by atoms with Crippen molar-refractivity contribution in [2.75, 3.05) is 32.7 Å². The summed E-state index contributed by atoms with van der Waals surface area (Å²) in [6, 6.07) is 19.2. The van der Waals surface area contributed by atoms with Crippen molar-refractivity contribution in [3.63, 3.8) is 0 Å². The molecule has 37 heavy (non-hydrogen) atoms. The minimum atomic E-state index is -0.00277. The normalized spacial score (nSPS) is 33.5. The standard InChI is InChI=1S/C32H39ClN2O2/c1-22-7-6-14-32(2)20-29-26(19-28(22)32)27(31(36)37-29)21-34-15-17-35(18-16-34)30(23-8-4-3-5-9-23)24-10-12-25(33)13-11-24/h3-5,8-13,26-30H,1,6-7,14-21H2,2H3/t26-,27+,28+,29-,30-,32-/m1/s1. The van der Waals surface area contributed by atoms with E-state index in [9.17, 15) is 4.79 Å². The summed E-state index contributed by atoms with van der Waals surface area (Å²) in [4.78, 5) is 18.2. The average Bonchev–Trinajstić information content (AvgIpc) is 3.19. The number of piperazine rings is 1. The second kappa shape index (κ2) is 10.2. The number of nitrogens with zero attached hydrogens (tertiary/aromatic N) is 2. The molecule has 0 aromatic heterocycles. The van der Waals surface area contributed by atoms with Crippen LogP contribution in [0.25, 0.3) is 0 Å². The van der Waals surface area contributed by atoms with Crippen LogP contribution in [0.4, 0.5) is 0 Å². The Balaban J connectivity index is 1.13. The van der Waals surface area contributed by atoms with Gasteiger partial charge in [0.25, 0.3) is 0 Å². The molecule has 4 nitrogen and oxygen atoms in total. The quantitative estimate of drug-likeness (QED) is 0.340. The van der Waals surface area contributed by atoms with Crippen LogP contribution in [0, 0.1) is 23.2 Å². The lowest BCUT2D eigenvalue weighted by molar-refractivity contribution is -0.146. The molecule has 0 N–H and O–H groups in total. The van der Waals surface area contributed by atoms with Crippen molar-refractivity contribution in [2.24, 2.45) is 23.2 Å². The van der Waals surface area contributed by atoms with Gasteiger partial charge in [-0.1, -0.05) is 73.1 Å². The lowest BCUT2D eigenvalue weighted by Gasteiger charge is -2.50. The van der Waals surface area contributed by atoms with Crippen LogP contribution in [0.3, 0.4) is 0 Å². The van der Waals surface area contributed by atoms with Crippen molar-refractivity contribution in [1.29, 1.82) is 0 Å². The number of rotatable bonds is 5. The third kappa shape index (κ3) is 4.89. The van der Waals surface area contributed by atoms with Crippen LogP contribution in [-0.2, 0) is 9.53 Å². The average molecular weight is 519 g/mol. The Morgan fingerprint density at radius 2 is 1.76 bits per heavy atom. The number of fused-ring (bicyclic) bond motifs is 2. The zero-order valence-electron chi connectivity index (χ0n) is 21.9. The van der Waals surface area contributed by atoms with Gasteiger partial charge in [-0.05, 0) is 66.7 Å². The SMILES string of the molecule is C=C1CCC[C@]2(C)C[C@H]3OC(=O)[C@@H](CN4CCN([C@H](c5ccccc5)c5ccc(Cl)cc5)CC4)[C@H]3C[C@@H]12. The number of carbonyl (C=O) groups excluding carboxylic acids is 1. The second-order valence-electron chi connectivity index (χ2n) is 12.1. The predicted octanol–water partition coefficient (Wildman–Crippen LogP) is 6.36. The molecule has 0 spiro atoms. The van der Waals surface area contributed by atoms with Crippen molar-refractivity contribution in [3.8, 4) is 0 Å². The van der Waals surface area contributed by atoms with Crippen LogP contribution in [0.15, 0.2) is 66.7 Å². The fourth-order valence-electron chi connectivity index (χ4n) is 7.84. The molecule has 4 aliphatic rings. The van der Waals surface area contributed by atoms with E-state index in [0.717, 1.165) is 57.0 Å². The highest BCUT2D eigenvalue weighted by molar-refractivity contribution is 6.30. The molecule has 2 aromatic rings. The topological polar surface area (TPSA) is 32.8 Å². The lowest BCUT2D eigenvalue weighted by atomic mass is 9.55. The molecule has 196 valence electrons. The number of allylic oxidation sites excluding steroid dienone is 1. The molecule has 2 heterocycles. The Bertz CT molecular complexity index is 1130. The van der Waals surface area contributed by atoms with Crippen molar-refractivity contribution >= 4 is 17.6 Å². The molecule has 2 aliphatic heterocycles. The van der Waals surface area contributed by atoms with Crippen molar-refractivity contribution in [1.82, 2.24) is 9.80 Å². The van der Waals surface area contributed by atoms with E-state index in [4.69, 9.17) is 16.3 Å². The Morgan fingerprint density at radius 3 is 2.49 bits per heavy atom. The third-order valence-electron chi connectivity index (χ3n) is 9.85. The van der Waals surface area contributed by atoms with Gasteiger partial charge in [-0.15, -0.1) is 0 Å². The predicted molar refractivity (Wildman–Crippen MR) is 148 cm³/mol. The van der Waals surface area contributed by atoms with E-state index in [1.807, 2.05) is 12.1 Å². The zero-order chi connectivity index (χ0) is 25.6. The summed E-state index contributed by atoms with van der Waals surface area (Å²) in [6.07, 6.45) is 5.79. The summed E-state index contributed by atoms with van der Waals surface area (Å²) in [5, 5.41) is 0.766. The van der Waals surface area contributed by atoms with Crippen molar-refractivity contribution in [3.05, 3.63) is 82.9 Å². The second-order valence-corrected chi connectivity index (χ2v) is 12.5. The Labute approximate surface area is 226 Å². The highest BCUT2D eigenvalue weighted by atomic mass is 35.5. The van der Waals surface area contributed by atoms with E-state index in [0.29, 0.717) is 11.8 Å². The largest absolute Gasteiger partial charge is 0.462 e. The van der Waals surface area contributed by atoms with Crippen LogP contribution in [0.1, 0.15) is 56.2 Å². The van der Waals surface area contributed by atoms with Gasteiger partial charge in [0.05, 0.1) is 12.0 Å². The number of hydrogen-bond acceptors (Lipinski definition) is 4. The third-order valence-corrected chi connectivity index (χ3v) is 10.1. The first-order valence-electron chi connectivity index (χ1n) is 14.1. The molecular formula is C32H39ClN2O2. The summed E-state index contributed by atoms with van der Waals surface area (Å²) in [5.74, 6) is 0.914. The maximum atomic E-state index is 13.1. The monoisotopic (exact) mass is 518 g/mol. The minimum absolute atomic E-state index is 0.00277. The molecule has 6 atom stereocenters. The molecule has 0 unspecified atom stereocenters. The Kier molecular flexibility index (Phi) is 6.94. The van der Waals surface area contributed by atoms with Crippen molar-refractivity contribution in [2.45, 2.75) is 51.2 Å². The molecule has 0 radical (unpaired) electrons. The minimum Gasteiger partial charge on any atom is -0.462 e. The fourth-order valence-corrected chi connectivity index (χ4v) is 7.97. The van der Waals surface area contributed by atoms with Crippen LogP contribution in [0.2, 0.25) is 5.02 Å². The van der Waals surface area contributed by atoms with Gasteiger partial charge in [0.2, 0.25) is 0 Å². The molecule has 6 rings (SSSR count). The molecule has 2 aliphatic carbocycles. The van der Waals surface area contributed by atoms with Crippen LogP contribution < -0.4 is 0 Å². The maximum absolute atomic E-state index is 13.1. The molecule has 5 heteroatoms. The molecule has 2 aromatic carbocycles. The fraction of sp³-hybridized carbons (Fsp3) is 0.531. The van der Waals surface area contributed by atoms with Gasteiger partial charge >= 0.3 is 5.97 Å². The van der Waals surface area contributed by atoms with Gasteiger partial charge in [-0.3, -0.25) is 14.6 Å². The molecular weight excluding hydrogens is 480 g/mol. The van der Waals surface area contributed by atoms with Crippen molar-refractivity contribution < 1.29 is 9.53 Å². The molecule has 4 fully saturated rings. The highest BCUT2D eigenvalue weighted by Crippen LogP contribution is 2.57. The summed E-state index contributed by atoms with van der Waals surface area (Å²) in [6.45, 7) is 11.5. The first kappa shape index (κ1) is 25.2. The van der Waals surface area contributed by atoms with Gasteiger partial charge < -0.3 is 4.74 Å². The number of benzene rings is 2. The maximum Gasteiger partial charge on any atom is 0.310 e. The Hall–Kier alpha value is -2.14. The smallest absolute Gasteiger partial charge is 0.310 e. The molecule has 0 bridgehead atoms. The van der Waals surface area contributed by atoms with E-state index < -0.39 is 0 Å². The molecule has 0 amide bonds. The van der Waals surface area contributed by atoms with E-state index in [-0.39, 0.29) is 29.4 Å². The number of halogens is 1. The number of esters is 1. The van der Waals surface area contributed by atoms with Gasteiger partial charge in [-0.2, -0.15) is 0 Å². The van der Waals surface area contributed by atoms with Gasteiger partial charge in [-0.25, -0.2) is 0 Å². The highest BCUT2D eigenvalue weighted by Gasteiger charge is 2.55. The zero-order valence-corrected chi connectivity index (χ0v) is 22.7. The summed E-state index contributed by atoms with van der Waals surface area (Å²) in [7, 11) is 0.